The van der Waals surface area contributed by atoms with Gasteiger partial charge in [0.1, 0.15) is 12.2 Å². The van der Waals surface area contributed by atoms with Gasteiger partial charge >= 0.3 is 6.18 Å². The lowest BCUT2D eigenvalue weighted by molar-refractivity contribution is -0.140. The molecule has 0 aliphatic heterocycles. The van der Waals surface area contributed by atoms with Crippen molar-refractivity contribution in [3.8, 4) is 0 Å². The number of carbonyl (C=O) groups is 3. The molecule has 0 radical (unpaired) electrons. The minimum Gasteiger partial charge on any atom is -0.347 e. The summed E-state index contributed by atoms with van der Waals surface area (Å²) in [4.78, 5) is 41.5. The van der Waals surface area contributed by atoms with Crippen LogP contribution in [0, 0.1) is 0 Å². The van der Waals surface area contributed by atoms with E-state index in [1.807, 2.05) is 0 Å². The highest BCUT2D eigenvalue weighted by Gasteiger charge is 2.35. The van der Waals surface area contributed by atoms with Crippen LogP contribution in [-0.4, -0.2) is 57.3 Å². The predicted octanol–water partition coefficient (Wildman–Crippen LogP) is 2.07. The highest BCUT2D eigenvalue weighted by molar-refractivity contribution is 6.38. The second-order valence-electron chi connectivity index (χ2n) is 8.37. The van der Waals surface area contributed by atoms with Gasteiger partial charge in [0.2, 0.25) is 11.7 Å². The summed E-state index contributed by atoms with van der Waals surface area (Å²) in [6.07, 6.45) is -5.28. The van der Waals surface area contributed by atoms with Crippen molar-refractivity contribution in [2.24, 2.45) is 0 Å². The molecule has 1 fully saturated rings. The van der Waals surface area contributed by atoms with E-state index in [0.29, 0.717) is 12.1 Å². The fourth-order valence-corrected chi connectivity index (χ4v) is 3.43. The molecule has 3 atom stereocenters. The van der Waals surface area contributed by atoms with E-state index in [0.717, 1.165) is 31.3 Å². The van der Waals surface area contributed by atoms with Gasteiger partial charge in [-0.05, 0) is 37.0 Å². The van der Waals surface area contributed by atoms with Crippen LogP contribution in [0.1, 0.15) is 49.2 Å². The predicted molar refractivity (Wildman–Crippen MR) is 116 cm³/mol. The molecule has 2 amide bonds. The van der Waals surface area contributed by atoms with Crippen LogP contribution >= 0.6 is 0 Å². The Balaban J connectivity index is 1.78. The summed E-state index contributed by atoms with van der Waals surface area (Å²) < 4.78 is 66.5. The number of H-pyrrole nitrogens is 1. The largest absolute Gasteiger partial charge is 0.416 e. The standard InChI is InChI=1S/C22H25F5N6O3/c1-2-14(18(34)21(36)30-13-7-8-13)32-20(35)15(9-16-28-10-29-33-16)31-17(19(23)24)11-3-5-12(6-4-11)22(25,26)27/h3-6,10,13-15,17,19,31H,2,7-9H2,1H3,(H,30,36)(H,32,35)(H,28,29,33)/t14-,15-,17-/m0/s1. The lowest BCUT2D eigenvalue weighted by Gasteiger charge is -2.26. The van der Waals surface area contributed by atoms with Crippen LogP contribution in [0.25, 0.3) is 0 Å². The highest BCUT2D eigenvalue weighted by atomic mass is 19.4. The second kappa shape index (κ2) is 11.5. The maximum Gasteiger partial charge on any atom is 0.416 e. The van der Waals surface area contributed by atoms with Crippen LogP contribution in [0.15, 0.2) is 30.6 Å². The number of aromatic nitrogens is 3. The van der Waals surface area contributed by atoms with Crippen LogP contribution in [0.4, 0.5) is 22.0 Å². The molecule has 0 unspecified atom stereocenters. The monoisotopic (exact) mass is 516 g/mol. The van der Waals surface area contributed by atoms with E-state index in [2.05, 4.69) is 31.1 Å². The zero-order valence-corrected chi connectivity index (χ0v) is 19.1. The van der Waals surface area contributed by atoms with E-state index < -0.39 is 53.9 Å². The summed E-state index contributed by atoms with van der Waals surface area (Å²) in [5, 5.41) is 13.6. The quantitative estimate of drug-likeness (QED) is 0.253. The van der Waals surface area contributed by atoms with Crippen molar-refractivity contribution in [3.63, 3.8) is 0 Å². The Labute approximate surface area is 202 Å². The van der Waals surface area contributed by atoms with Gasteiger partial charge in [0.05, 0.1) is 23.7 Å². The molecule has 2 aromatic rings. The number of amides is 2. The first-order valence-corrected chi connectivity index (χ1v) is 11.2. The van der Waals surface area contributed by atoms with Crippen molar-refractivity contribution in [1.29, 1.82) is 0 Å². The van der Waals surface area contributed by atoms with Gasteiger partial charge in [0, 0.05) is 12.5 Å². The molecular weight excluding hydrogens is 491 g/mol. The molecule has 9 nitrogen and oxygen atoms in total. The maximum atomic E-state index is 14.0. The van der Waals surface area contributed by atoms with Gasteiger partial charge in [-0.25, -0.2) is 13.8 Å². The number of alkyl halides is 5. The molecule has 4 N–H and O–H groups in total. The maximum absolute atomic E-state index is 14.0. The van der Waals surface area contributed by atoms with Crippen molar-refractivity contribution in [2.75, 3.05) is 0 Å². The molecule has 1 aromatic heterocycles. The number of carbonyl (C=O) groups excluding carboxylic acids is 3. The molecule has 1 saturated carbocycles. The molecule has 1 aliphatic rings. The highest BCUT2D eigenvalue weighted by Crippen LogP contribution is 2.31. The van der Waals surface area contributed by atoms with Gasteiger partial charge in [-0.2, -0.15) is 18.3 Å². The van der Waals surface area contributed by atoms with Crippen molar-refractivity contribution >= 4 is 17.6 Å². The third kappa shape index (κ3) is 7.29. The lowest BCUT2D eigenvalue weighted by atomic mass is 10.0. The van der Waals surface area contributed by atoms with Crippen LogP contribution in [0.3, 0.4) is 0 Å². The van der Waals surface area contributed by atoms with Crippen LogP contribution < -0.4 is 16.0 Å². The average Bonchev–Trinajstić information content (AvgIpc) is 3.49. The summed E-state index contributed by atoms with van der Waals surface area (Å²) >= 11 is 0. The molecule has 1 heterocycles. The van der Waals surface area contributed by atoms with Crippen molar-refractivity contribution in [1.82, 2.24) is 31.1 Å². The second-order valence-corrected chi connectivity index (χ2v) is 8.37. The number of hydrogen-bond acceptors (Lipinski definition) is 6. The number of hydrogen-bond donors (Lipinski definition) is 4. The number of nitrogens with zero attached hydrogens (tertiary/aromatic N) is 2. The Morgan fingerprint density at radius 1 is 1.11 bits per heavy atom. The van der Waals surface area contributed by atoms with Gasteiger partial charge in [0.15, 0.2) is 0 Å². The van der Waals surface area contributed by atoms with E-state index in [9.17, 15) is 36.3 Å². The minimum atomic E-state index is -4.64. The lowest BCUT2D eigenvalue weighted by Crippen LogP contribution is -2.54. The number of nitrogens with one attached hydrogen (secondary N) is 4. The molecular formula is C22H25F5N6O3. The number of rotatable bonds is 12. The van der Waals surface area contributed by atoms with Crippen LogP contribution in [0.5, 0.6) is 0 Å². The van der Waals surface area contributed by atoms with Crippen LogP contribution in [-0.2, 0) is 27.0 Å². The third-order valence-corrected chi connectivity index (χ3v) is 5.59. The van der Waals surface area contributed by atoms with E-state index in [4.69, 9.17) is 0 Å². The van der Waals surface area contributed by atoms with Crippen molar-refractivity contribution < 1.29 is 36.3 Å². The van der Waals surface area contributed by atoms with Gasteiger partial charge in [0.25, 0.3) is 12.3 Å². The van der Waals surface area contributed by atoms with Gasteiger partial charge in [-0.15, -0.1) is 0 Å². The zero-order chi connectivity index (χ0) is 26.5. The molecule has 3 rings (SSSR count). The number of benzene rings is 1. The SMILES string of the molecule is CC[C@H](NC(=O)[C@H](Cc1ncn[nH]1)N[C@@H](c1ccc(C(F)(F)F)cc1)C(F)F)C(=O)C(=O)NC1CC1. The molecule has 0 saturated heterocycles. The summed E-state index contributed by atoms with van der Waals surface area (Å²) in [7, 11) is 0. The fourth-order valence-electron chi connectivity index (χ4n) is 3.43. The summed E-state index contributed by atoms with van der Waals surface area (Å²) in [6.45, 7) is 1.57. The topological polar surface area (TPSA) is 129 Å². The van der Waals surface area contributed by atoms with E-state index in [1.54, 1.807) is 6.92 Å². The Bertz CT molecular complexity index is 1040. The Morgan fingerprint density at radius 3 is 2.28 bits per heavy atom. The Kier molecular flexibility index (Phi) is 8.71. The number of halogens is 5. The zero-order valence-electron chi connectivity index (χ0n) is 19.1. The van der Waals surface area contributed by atoms with Crippen LogP contribution in [0.2, 0.25) is 0 Å². The first-order chi connectivity index (χ1) is 17.0. The Morgan fingerprint density at radius 2 is 1.78 bits per heavy atom. The normalized spacial score (nSPS) is 16.3. The summed E-state index contributed by atoms with van der Waals surface area (Å²) in [6, 6.07) is -1.36. The summed E-state index contributed by atoms with van der Waals surface area (Å²) in [5.41, 5.74) is -1.19. The number of aromatic amines is 1. The summed E-state index contributed by atoms with van der Waals surface area (Å²) in [5.74, 6) is -2.43. The smallest absolute Gasteiger partial charge is 0.347 e. The van der Waals surface area contributed by atoms with Crippen molar-refractivity contribution in [2.45, 2.75) is 69.4 Å². The first kappa shape index (κ1) is 27.2. The van der Waals surface area contributed by atoms with E-state index >= 15 is 0 Å². The van der Waals surface area contributed by atoms with Gasteiger partial charge < -0.3 is 10.6 Å². The Hall–Kier alpha value is -3.42. The number of Topliss-reactive ketones (excluding diaryl/α,β-unsaturated/α-hetero) is 1. The van der Waals surface area contributed by atoms with E-state index in [1.165, 1.54) is 0 Å². The van der Waals surface area contributed by atoms with Crippen molar-refractivity contribution in [3.05, 3.63) is 47.5 Å². The molecule has 0 spiro atoms. The molecule has 196 valence electrons. The molecule has 1 aliphatic carbocycles. The molecule has 0 bridgehead atoms. The van der Waals surface area contributed by atoms with E-state index in [-0.39, 0.29) is 30.3 Å². The van der Waals surface area contributed by atoms with Gasteiger partial charge in [-0.1, -0.05) is 19.1 Å². The third-order valence-electron chi connectivity index (χ3n) is 5.59. The molecule has 1 aromatic carbocycles. The average molecular weight is 516 g/mol. The fraction of sp³-hybridized carbons (Fsp3) is 0.500. The molecule has 36 heavy (non-hydrogen) atoms. The number of ketones is 1. The first-order valence-electron chi connectivity index (χ1n) is 11.2. The molecule has 14 heteroatoms. The van der Waals surface area contributed by atoms with Gasteiger partial charge in [-0.3, -0.25) is 24.8 Å². The minimum absolute atomic E-state index is 0.0644.